The van der Waals surface area contributed by atoms with Crippen LogP contribution in [0.5, 0.6) is 0 Å². The lowest BCUT2D eigenvalue weighted by Gasteiger charge is -2.28. The molecule has 4 rings (SSSR count). The lowest BCUT2D eigenvalue weighted by molar-refractivity contribution is 0.787. The van der Waals surface area contributed by atoms with Crippen molar-refractivity contribution >= 4 is 33.0 Å². The van der Waals surface area contributed by atoms with Crippen LogP contribution in [0.25, 0.3) is 5.70 Å². The topological polar surface area (TPSA) is 27.6 Å². The van der Waals surface area contributed by atoms with Gasteiger partial charge in [-0.3, -0.25) is 5.43 Å². The molecular formula is C21H16BrN3. The van der Waals surface area contributed by atoms with E-state index >= 15 is 0 Å². The summed E-state index contributed by atoms with van der Waals surface area (Å²) in [6.45, 7) is 0. The molecule has 1 heterocycles. The fourth-order valence-corrected chi connectivity index (χ4v) is 2.93. The van der Waals surface area contributed by atoms with Crippen molar-refractivity contribution in [1.29, 1.82) is 0 Å². The third-order valence-electron chi connectivity index (χ3n) is 3.94. The van der Waals surface area contributed by atoms with Crippen LogP contribution in [-0.4, -0.2) is 5.71 Å². The highest BCUT2D eigenvalue weighted by atomic mass is 79.9. The molecule has 0 aliphatic carbocycles. The Morgan fingerprint density at radius 3 is 1.96 bits per heavy atom. The first-order valence-corrected chi connectivity index (χ1v) is 8.82. The molecule has 1 aliphatic rings. The van der Waals surface area contributed by atoms with Crippen molar-refractivity contribution in [2.45, 2.75) is 0 Å². The summed E-state index contributed by atoms with van der Waals surface area (Å²) in [4.78, 5) is 0. The number of hydrogen-bond acceptors (Lipinski definition) is 3. The molecule has 1 aliphatic heterocycles. The van der Waals surface area contributed by atoms with Gasteiger partial charge in [-0.25, -0.2) is 0 Å². The van der Waals surface area contributed by atoms with Gasteiger partial charge in [-0.2, -0.15) is 10.2 Å². The van der Waals surface area contributed by atoms with Gasteiger partial charge < -0.3 is 0 Å². The van der Waals surface area contributed by atoms with Crippen molar-refractivity contribution < 1.29 is 0 Å². The Hall–Kier alpha value is -2.85. The van der Waals surface area contributed by atoms with Gasteiger partial charge in [0.25, 0.3) is 0 Å². The molecule has 0 radical (unpaired) electrons. The van der Waals surface area contributed by atoms with Gasteiger partial charge in [-0.1, -0.05) is 76.6 Å². The lowest BCUT2D eigenvalue weighted by Crippen LogP contribution is -2.36. The number of rotatable bonds is 3. The second-order valence-electron chi connectivity index (χ2n) is 5.68. The van der Waals surface area contributed by atoms with E-state index in [1.54, 1.807) is 0 Å². The van der Waals surface area contributed by atoms with Gasteiger partial charge in [0.05, 0.1) is 17.1 Å². The average molecular weight is 390 g/mol. The monoisotopic (exact) mass is 389 g/mol. The highest BCUT2D eigenvalue weighted by Gasteiger charge is 2.16. The minimum absolute atomic E-state index is 0.918. The maximum absolute atomic E-state index is 4.77. The van der Waals surface area contributed by atoms with Gasteiger partial charge >= 0.3 is 0 Å². The number of anilines is 1. The van der Waals surface area contributed by atoms with Crippen LogP contribution in [0.2, 0.25) is 0 Å². The van der Waals surface area contributed by atoms with E-state index in [0.717, 1.165) is 32.7 Å². The van der Waals surface area contributed by atoms with Gasteiger partial charge in [-0.15, -0.1) is 0 Å². The molecule has 0 atom stereocenters. The molecule has 25 heavy (non-hydrogen) atoms. The number of nitrogens with one attached hydrogen (secondary N) is 1. The number of allylic oxidation sites excluding steroid dienone is 1. The fourth-order valence-electron chi connectivity index (χ4n) is 2.66. The molecule has 0 amide bonds. The molecule has 4 heteroatoms. The van der Waals surface area contributed by atoms with E-state index in [1.807, 2.05) is 65.8 Å². The van der Waals surface area contributed by atoms with Crippen molar-refractivity contribution in [2.75, 3.05) is 5.12 Å². The van der Waals surface area contributed by atoms with Crippen molar-refractivity contribution in [1.82, 2.24) is 5.43 Å². The van der Waals surface area contributed by atoms with Crippen LogP contribution < -0.4 is 10.5 Å². The Balaban J connectivity index is 1.78. The molecule has 3 aromatic carbocycles. The second-order valence-corrected chi connectivity index (χ2v) is 6.59. The van der Waals surface area contributed by atoms with Gasteiger partial charge in [0, 0.05) is 10.0 Å². The molecule has 0 bridgehead atoms. The molecule has 3 nitrogen and oxygen atoms in total. The summed E-state index contributed by atoms with van der Waals surface area (Å²) in [5, 5.41) is 6.59. The molecule has 0 unspecified atom stereocenters. The van der Waals surface area contributed by atoms with Gasteiger partial charge in [0.1, 0.15) is 0 Å². The number of hydrazine groups is 1. The van der Waals surface area contributed by atoms with E-state index < -0.39 is 0 Å². The van der Waals surface area contributed by atoms with E-state index in [1.165, 1.54) is 0 Å². The third kappa shape index (κ3) is 3.49. The summed E-state index contributed by atoms with van der Waals surface area (Å²) in [5.74, 6) is 0. The smallest absolute Gasteiger partial charge is 0.0949 e. The predicted molar refractivity (Wildman–Crippen MR) is 107 cm³/mol. The Morgan fingerprint density at radius 2 is 1.32 bits per heavy atom. The quantitative estimate of drug-likeness (QED) is 0.664. The first-order valence-electron chi connectivity index (χ1n) is 8.03. The second kappa shape index (κ2) is 6.95. The van der Waals surface area contributed by atoms with E-state index in [4.69, 9.17) is 5.10 Å². The van der Waals surface area contributed by atoms with Crippen molar-refractivity contribution in [3.8, 4) is 0 Å². The zero-order valence-electron chi connectivity index (χ0n) is 13.4. The minimum Gasteiger partial charge on any atom is -0.277 e. The maximum atomic E-state index is 4.77. The molecule has 0 aromatic heterocycles. The SMILES string of the molecule is Brc1ccc(N2N=C(c3ccccc3)C=C(c3ccccc3)N2)cc1. The molecule has 0 saturated carbocycles. The van der Waals surface area contributed by atoms with Crippen LogP contribution in [0.1, 0.15) is 11.1 Å². The third-order valence-corrected chi connectivity index (χ3v) is 4.47. The molecule has 0 fully saturated rings. The molecule has 1 N–H and O–H groups in total. The zero-order valence-corrected chi connectivity index (χ0v) is 15.0. The van der Waals surface area contributed by atoms with Crippen LogP contribution in [0.15, 0.2) is 101 Å². The van der Waals surface area contributed by atoms with Crippen molar-refractivity contribution in [3.05, 3.63) is 107 Å². The lowest BCUT2D eigenvalue weighted by atomic mass is 10.1. The van der Waals surface area contributed by atoms with Gasteiger partial charge in [-0.05, 0) is 35.9 Å². The molecule has 122 valence electrons. The summed E-state index contributed by atoms with van der Waals surface area (Å²) in [5.41, 5.74) is 8.50. The van der Waals surface area contributed by atoms with E-state index in [0.29, 0.717) is 0 Å². The normalized spacial score (nSPS) is 13.7. The zero-order chi connectivity index (χ0) is 17.1. The first kappa shape index (κ1) is 15.7. The van der Waals surface area contributed by atoms with Crippen LogP contribution in [0.3, 0.4) is 0 Å². The maximum Gasteiger partial charge on any atom is 0.0949 e. The Bertz CT molecular complexity index is 916. The molecule has 0 spiro atoms. The molecule has 3 aromatic rings. The number of hydrazone groups is 1. The van der Waals surface area contributed by atoms with Gasteiger partial charge in [0.15, 0.2) is 0 Å². The minimum atomic E-state index is 0.918. The standard InChI is InChI=1S/C21H16BrN3/c22-18-11-13-19(14-12-18)25-23-20(16-7-3-1-4-8-16)15-21(24-25)17-9-5-2-6-10-17/h1-15,23H. The number of halogens is 1. The largest absolute Gasteiger partial charge is 0.277 e. The Labute approximate surface area is 155 Å². The Kier molecular flexibility index (Phi) is 4.36. The van der Waals surface area contributed by atoms with E-state index in [-0.39, 0.29) is 0 Å². The summed E-state index contributed by atoms with van der Waals surface area (Å²) >= 11 is 3.48. The highest BCUT2D eigenvalue weighted by Crippen LogP contribution is 2.24. The molecule has 0 saturated heterocycles. The van der Waals surface area contributed by atoms with Crippen molar-refractivity contribution in [2.24, 2.45) is 5.10 Å². The van der Waals surface area contributed by atoms with Crippen LogP contribution in [0, 0.1) is 0 Å². The Morgan fingerprint density at radius 1 is 0.720 bits per heavy atom. The average Bonchev–Trinajstić information content (AvgIpc) is 2.69. The number of nitrogens with zero attached hydrogens (tertiary/aromatic N) is 2. The summed E-state index contributed by atoms with van der Waals surface area (Å²) in [7, 11) is 0. The van der Waals surface area contributed by atoms with Crippen molar-refractivity contribution in [3.63, 3.8) is 0 Å². The number of hydrogen-bond donors (Lipinski definition) is 1. The first-order chi connectivity index (χ1) is 12.3. The van der Waals surface area contributed by atoms with Crippen LogP contribution >= 0.6 is 15.9 Å². The highest BCUT2D eigenvalue weighted by molar-refractivity contribution is 9.10. The summed E-state index contributed by atoms with van der Waals surface area (Å²) in [6.07, 6.45) is 2.08. The van der Waals surface area contributed by atoms with Gasteiger partial charge in [0.2, 0.25) is 0 Å². The predicted octanol–water partition coefficient (Wildman–Crippen LogP) is 5.22. The van der Waals surface area contributed by atoms with E-state index in [9.17, 15) is 0 Å². The van der Waals surface area contributed by atoms with Crippen LogP contribution in [0.4, 0.5) is 5.69 Å². The fraction of sp³-hybridized carbons (Fsp3) is 0. The summed E-state index contributed by atoms with van der Waals surface area (Å²) in [6, 6.07) is 28.6. The molecular weight excluding hydrogens is 374 g/mol. The van der Waals surface area contributed by atoms with E-state index in [2.05, 4.69) is 51.7 Å². The number of benzene rings is 3. The summed E-state index contributed by atoms with van der Waals surface area (Å²) < 4.78 is 1.04. The van der Waals surface area contributed by atoms with Crippen LogP contribution in [-0.2, 0) is 0 Å².